The molecule has 0 unspecified atom stereocenters. The number of halogens is 3. The van der Waals surface area contributed by atoms with Gasteiger partial charge in [-0.05, 0) is 32.4 Å². The molecule has 0 saturated carbocycles. The van der Waals surface area contributed by atoms with Crippen LogP contribution in [0.4, 0.5) is 22.8 Å². The fourth-order valence-electron chi connectivity index (χ4n) is 4.58. The van der Waals surface area contributed by atoms with Gasteiger partial charge in [-0.15, -0.1) is 0 Å². The number of carbonyl (C=O) groups is 3. The summed E-state index contributed by atoms with van der Waals surface area (Å²) in [7, 11) is 1.46. The first-order valence-corrected chi connectivity index (χ1v) is 11.9. The molecule has 4 amide bonds. The van der Waals surface area contributed by atoms with Crippen LogP contribution in [0.5, 0.6) is 0 Å². The fraction of sp³-hybridized carbons (Fsp3) is 0.542. The van der Waals surface area contributed by atoms with E-state index in [0.29, 0.717) is 26.2 Å². The van der Waals surface area contributed by atoms with Crippen molar-refractivity contribution in [1.29, 1.82) is 0 Å². The maximum atomic E-state index is 13.8. The Morgan fingerprint density at radius 2 is 1.89 bits per heavy atom. The van der Waals surface area contributed by atoms with Crippen molar-refractivity contribution in [2.75, 3.05) is 46.4 Å². The predicted molar refractivity (Wildman–Crippen MR) is 126 cm³/mol. The molecule has 12 heteroatoms. The van der Waals surface area contributed by atoms with E-state index in [9.17, 15) is 27.6 Å². The van der Waals surface area contributed by atoms with E-state index in [2.05, 4.69) is 10.6 Å². The molecule has 1 aromatic carbocycles. The van der Waals surface area contributed by atoms with Gasteiger partial charge in [-0.25, -0.2) is 14.4 Å². The Balaban J connectivity index is 2.01. The van der Waals surface area contributed by atoms with Crippen LogP contribution in [0.2, 0.25) is 0 Å². The Morgan fingerprint density at radius 3 is 2.50 bits per heavy atom. The number of urea groups is 2. The number of likely N-dealkylation sites (N-methyl/N-ethyl adjacent to an activating group) is 1. The van der Waals surface area contributed by atoms with Gasteiger partial charge in [-0.3, -0.25) is 9.80 Å². The average Bonchev–Trinajstić information content (AvgIpc) is 2.81. The number of nitrogens with zero attached hydrogens (tertiary/aromatic N) is 3. The minimum atomic E-state index is -4.69. The summed E-state index contributed by atoms with van der Waals surface area (Å²) in [6.07, 6.45) is -4.69. The Bertz CT molecular complexity index is 1030. The molecule has 1 saturated heterocycles. The van der Waals surface area contributed by atoms with Gasteiger partial charge in [0, 0.05) is 51.5 Å². The summed E-state index contributed by atoms with van der Waals surface area (Å²) < 4.78 is 46.7. The quantitative estimate of drug-likeness (QED) is 0.573. The number of benzene rings is 1. The number of nitrogens with one attached hydrogen (secondary N) is 2. The van der Waals surface area contributed by atoms with E-state index in [1.165, 1.54) is 30.1 Å². The van der Waals surface area contributed by atoms with Crippen molar-refractivity contribution in [3.8, 4) is 0 Å². The molecule has 0 radical (unpaired) electrons. The number of alkyl halides is 3. The summed E-state index contributed by atoms with van der Waals surface area (Å²) in [4.78, 5) is 43.2. The number of carbonyl (C=O) groups excluding carboxylic acids is 3. The highest BCUT2D eigenvalue weighted by Crippen LogP contribution is 2.39. The number of amides is 4. The molecule has 2 aliphatic rings. The summed E-state index contributed by atoms with van der Waals surface area (Å²) in [6.45, 7) is 7.30. The molecule has 36 heavy (non-hydrogen) atoms. The Labute approximate surface area is 208 Å². The van der Waals surface area contributed by atoms with E-state index in [1.807, 2.05) is 18.7 Å². The molecular weight excluding hydrogens is 479 g/mol. The van der Waals surface area contributed by atoms with Crippen LogP contribution in [0, 0.1) is 0 Å². The van der Waals surface area contributed by atoms with Crippen LogP contribution in [0.15, 0.2) is 35.5 Å². The lowest BCUT2D eigenvalue weighted by molar-refractivity contribution is -0.141. The zero-order chi connectivity index (χ0) is 26.6. The molecular formula is C24H32F3N5O4. The zero-order valence-corrected chi connectivity index (χ0v) is 20.8. The van der Waals surface area contributed by atoms with Gasteiger partial charge in [0.25, 0.3) is 0 Å². The molecule has 3 rings (SSSR count). The first-order valence-electron chi connectivity index (χ1n) is 11.9. The lowest BCUT2D eigenvalue weighted by Crippen LogP contribution is -2.58. The maximum Gasteiger partial charge on any atom is 0.416 e. The molecule has 9 nitrogen and oxygen atoms in total. The smallest absolute Gasteiger partial charge is 0.416 e. The molecule has 2 atom stereocenters. The molecule has 198 valence electrons. The van der Waals surface area contributed by atoms with Crippen LogP contribution in [-0.2, 0) is 15.7 Å². The second-order valence-electron chi connectivity index (χ2n) is 8.72. The molecule has 0 aromatic heterocycles. The van der Waals surface area contributed by atoms with Crippen LogP contribution >= 0.6 is 0 Å². The third-order valence-electron chi connectivity index (χ3n) is 6.32. The van der Waals surface area contributed by atoms with Crippen LogP contribution in [0.3, 0.4) is 0 Å². The highest BCUT2D eigenvalue weighted by Gasteiger charge is 2.42. The Hall–Kier alpha value is -3.28. The second-order valence-corrected chi connectivity index (χ2v) is 8.72. The van der Waals surface area contributed by atoms with Gasteiger partial charge in [0.15, 0.2) is 0 Å². The highest BCUT2D eigenvalue weighted by atomic mass is 19.4. The maximum absolute atomic E-state index is 13.8. The normalized spacial score (nSPS) is 21.4. The fourth-order valence-corrected chi connectivity index (χ4v) is 4.58. The number of ether oxygens (including phenoxy) is 1. The molecule has 1 fully saturated rings. The number of piperazine rings is 1. The second kappa shape index (κ2) is 11.2. The molecule has 2 heterocycles. The van der Waals surface area contributed by atoms with Crippen LogP contribution in [0.25, 0.3) is 0 Å². The zero-order valence-electron chi connectivity index (χ0n) is 20.8. The van der Waals surface area contributed by atoms with Gasteiger partial charge in [-0.2, -0.15) is 13.2 Å². The third-order valence-corrected chi connectivity index (χ3v) is 6.32. The van der Waals surface area contributed by atoms with E-state index in [-0.39, 0.29) is 42.1 Å². The van der Waals surface area contributed by atoms with Gasteiger partial charge in [-0.1, -0.05) is 18.2 Å². The molecule has 0 aliphatic carbocycles. The van der Waals surface area contributed by atoms with E-state index in [4.69, 9.17) is 4.74 Å². The number of rotatable bonds is 6. The summed E-state index contributed by atoms with van der Waals surface area (Å²) >= 11 is 0. The largest absolute Gasteiger partial charge is 0.463 e. The van der Waals surface area contributed by atoms with Crippen molar-refractivity contribution >= 4 is 18.0 Å². The monoisotopic (exact) mass is 511 g/mol. The first kappa shape index (κ1) is 27.3. The summed E-state index contributed by atoms with van der Waals surface area (Å²) in [5.41, 5.74) is -0.959. The lowest BCUT2D eigenvalue weighted by Gasteiger charge is -2.42. The van der Waals surface area contributed by atoms with Crippen molar-refractivity contribution in [3.05, 3.63) is 46.7 Å². The molecule has 2 N–H and O–H groups in total. The van der Waals surface area contributed by atoms with Crippen LogP contribution in [-0.4, -0.2) is 85.2 Å². The SMILES string of the molecule is CCNC(=O)N1CCN(CC2=C(C(=O)OCC)[C@H](c3ccccc3C(F)(F)F)NC(=O)N2C)C[C@H]1C. The molecule has 2 aliphatic heterocycles. The number of hydrogen-bond donors (Lipinski definition) is 2. The highest BCUT2D eigenvalue weighted by molar-refractivity contribution is 5.95. The first-order chi connectivity index (χ1) is 17.0. The number of hydrogen-bond acceptors (Lipinski definition) is 5. The van der Waals surface area contributed by atoms with Gasteiger partial charge >= 0.3 is 24.2 Å². The average molecular weight is 512 g/mol. The third kappa shape index (κ3) is 5.75. The summed E-state index contributed by atoms with van der Waals surface area (Å²) in [6, 6.07) is 2.57. The van der Waals surface area contributed by atoms with Crippen LogP contribution in [0.1, 0.15) is 37.9 Å². The molecule has 1 aromatic rings. The molecule has 0 bridgehead atoms. The Morgan fingerprint density at radius 1 is 1.19 bits per heavy atom. The topological polar surface area (TPSA) is 94.2 Å². The van der Waals surface area contributed by atoms with E-state index < -0.39 is 29.8 Å². The van der Waals surface area contributed by atoms with Gasteiger partial charge in [0.2, 0.25) is 0 Å². The summed E-state index contributed by atoms with van der Waals surface area (Å²) in [5.74, 6) is -0.796. The van der Waals surface area contributed by atoms with Crippen molar-refractivity contribution in [2.24, 2.45) is 0 Å². The van der Waals surface area contributed by atoms with Crippen molar-refractivity contribution in [2.45, 2.75) is 39.0 Å². The van der Waals surface area contributed by atoms with Crippen molar-refractivity contribution in [1.82, 2.24) is 25.3 Å². The van der Waals surface area contributed by atoms with E-state index >= 15 is 0 Å². The summed E-state index contributed by atoms with van der Waals surface area (Å²) in [5, 5.41) is 5.32. The van der Waals surface area contributed by atoms with Crippen LogP contribution < -0.4 is 10.6 Å². The van der Waals surface area contributed by atoms with Crippen molar-refractivity contribution in [3.63, 3.8) is 0 Å². The molecule has 0 spiro atoms. The minimum Gasteiger partial charge on any atom is -0.463 e. The van der Waals surface area contributed by atoms with Gasteiger partial charge in [0.05, 0.1) is 23.8 Å². The van der Waals surface area contributed by atoms with Crippen molar-refractivity contribution < 1.29 is 32.3 Å². The lowest BCUT2D eigenvalue weighted by atomic mass is 9.90. The van der Waals surface area contributed by atoms with E-state index in [0.717, 1.165) is 6.07 Å². The predicted octanol–water partition coefficient (Wildman–Crippen LogP) is 2.95. The number of esters is 1. The van der Waals surface area contributed by atoms with E-state index in [1.54, 1.807) is 11.8 Å². The van der Waals surface area contributed by atoms with Gasteiger partial charge < -0.3 is 20.3 Å². The minimum absolute atomic E-state index is 0.0170. The van der Waals surface area contributed by atoms with Gasteiger partial charge in [0.1, 0.15) is 0 Å². The Kier molecular flexibility index (Phi) is 8.49. The standard InChI is InChI=1S/C24H32F3N5O4/c1-5-28-22(34)32-12-11-31(13-15(32)3)14-18-19(21(33)36-6-2)20(29-23(35)30(18)4)16-9-7-8-10-17(16)24(25,26)27/h7-10,15,20H,5-6,11-14H2,1-4H3,(H,28,34)(H,29,35)/t15-,20+/m1/s1.